The molecule has 1 amide bonds. The molecule has 1 aromatic heterocycles. The Bertz CT molecular complexity index is 1290. The van der Waals surface area contributed by atoms with Crippen LogP contribution in [0, 0.1) is 0 Å². The molecule has 3 rings (SSSR count). The average molecular weight is 558 g/mol. The molecule has 0 bridgehead atoms. The first kappa shape index (κ1) is 27.2. The van der Waals surface area contributed by atoms with Crippen molar-refractivity contribution in [3.63, 3.8) is 0 Å². The number of fused-ring (bicyclic) bond motifs is 1. The average Bonchev–Trinajstić information content (AvgIpc) is 3.15. The molecule has 12 heteroatoms. The molecule has 0 saturated carbocycles. The van der Waals surface area contributed by atoms with E-state index < -0.39 is 38.2 Å². The van der Waals surface area contributed by atoms with Crippen molar-refractivity contribution in [2.75, 3.05) is 6.79 Å². The molecule has 1 heterocycles. The summed E-state index contributed by atoms with van der Waals surface area (Å²) in [5, 5.41) is 5.54. The van der Waals surface area contributed by atoms with Gasteiger partial charge in [0, 0.05) is 20.9 Å². The molecule has 0 aliphatic carbocycles. The molecule has 0 spiro atoms. The number of hydrogen-bond donors (Lipinski definition) is 2. The van der Waals surface area contributed by atoms with Crippen molar-refractivity contribution < 1.29 is 33.0 Å². The van der Waals surface area contributed by atoms with Crippen LogP contribution in [0.3, 0.4) is 0 Å². The first-order valence-corrected chi connectivity index (χ1v) is 13.5. The summed E-state index contributed by atoms with van der Waals surface area (Å²) in [4.78, 5) is 35.5. The van der Waals surface area contributed by atoms with Crippen LogP contribution in [0.4, 0.5) is 4.79 Å². The molecule has 186 valence electrons. The molecule has 0 saturated heterocycles. The SMILES string of the molecule is CC(C)OC(=O)OCOP(=O)(O)C(C(=O)NC=Cc1cccc(Cl)c1)c1csc2ccc(Cl)cc12. The second-order valence-electron chi connectivity index (χ2n) is 7.50. The van der Waals surface area contributed by atoms with Crippen LogP contribution in [0.2, 0.25) is 10.0 Å². The maximum Gasteiger partial charge on any atom is 0.510 e. The van der Waals surface area contributed by atoms with Gasteiger partial charge in [-0.05, 0) is 72.1 Å². The zero-order valence-corrected chi connectivity index (χ0v) is 21.9. The Balaban J connectivity index is 1.86. The third kappa shape index (κ3) is 7.54. The summed E-state index contributed by atoms with van der Waals surface area (Å²) in [6.45, 7) is 2.34. The van der Waals surface area contributed by atoms with Gasteiger partial charge in [0.05, 0.1) is 6.10 Å². The zero-order chi connectivity index (χ0) is 25.6. The number of halogens is 2. The van der Waals surface area contributed by atoms with E-state index >= 15 is 0 Å². The monoisotopic (exact) mass is 557 g/mol. The normalized spacial score (nSPS) is 14.1. The van der Waals surface area contributed by atoms with Crippen molar-refractivity contribution in [3.05, 3.63) is 75.2 Å². The Kier molecular flexibility index (Phi) is 9.35. The lowest BCUT2D eigenvalue weighted by Gasteiger charge is -2.21. The predicted octanol–water partition coefficient (Wildman–Crippen LogP) is 6.76. The van der Waals surface area contributed by atoms with E-state index in [-0.39, 0.29) is 5.56 Å². The van der Waals surface area contributed by atoms with Crippen LogP contribution in [-0.4, -0.2) is 29.9 Å². The minimum absolute atomic E-state index is 0.247. The molecular formula is C23H22Cl2NO7PS. The quantitative estimate of drug-likeness (QED) is 0.170. The lowest BCUT2D eigenvalue weighted by atomic mass is 10.1. The summed E-state index contributed by atoms with van der Waals surface area (Å²) in [6.07, 6.45) is 1.39. The van der Waals surface area contributed by atoms with Crippen molar-refractivity contribution >= 4 is 70.4 Å². The summed E-state index contributed by atoms with van der Waals surface area (Å²) in [7, 11) is -4.71. The van der Waals surface area contributed by atoms with Crippen LogP contribution in [-0.2, 0) is 23.4 Å². The molecule has 0 radical (unpaired) electrons. The summed E-state index contributed by atoms with van der Waals surface area (Å²) in [6, 6.07) is 11.9. The van der Waals surface area contributed by atoms with E-state index in [2.05, 4.69) is 5.32 Å². The summed E-state index contributed by atoms with van der Waals surface area (Å²) in [5.74, 6) is -0.807. The Morgan fingerprint density at radius 2 is 1.91 bits per heavy atom. The van der Waals surface area contributed by atoms with E-state index in [0.29, 0.717) is 21.0 Å². The zero-order valence-electron chi connectivity index (χ0n) is 18.6. The van der Waals surface area contributed by atoms with E-state index in [9.17, 15) is 19.0 Å². The Morgan fingerprint density at radius 3 is 2.63 bits per heavy atom. The first-order chi connectivity index (χ1) is 16.6. The minimum Gasteiger partial charge on any atom is -0.432 e. The highest BCUT2D eigenvalue weighted by Gasteiger charge is 2.41. The standard InChI is InChI=1S/C23H22Cl2NO7PS/c1-14(2)33-23(28)31-13-32-34(29,30)21(19-12-35-20-7-6-17(25)11-18(19)20)22(27)26-9-8-15-4-3-5-16(24)10-15/h3-12,14,21H,13H2,1-2H3,(H,26,27)(H,29,30). The van der Waals surface area contributed by atoms with Gasteiger partial charge < -0.3 is 19.7 Å². The summed E-state index contributed by atoms with van der Waals surface area (Å²) in [5.41, 5.74) is -0.678. The Morgan fingerprint density at radius 1 is 1.17 bits per heavy atom. The third-order valence-corrected chi connectivity index (χ3v) is 7.62. The fourth-order valence-electron chi connectivity index (χ4n) is 3.06. The number of benzene rings is 2. The van der Waals surface area contributed by atoms with Crippen LogP contribution in [0.5, 0.6) is 0 Å². The first-order valence-electron chi connectivity index (χ1n) is 10.3. The van der Waals surface area contributed by atoms with Crippen molar-refractivity contribution in [1.29, 1.82) is 0 Å². The molecule has 2 aromatic carbocycles. The highest BCUT2D eigenvalue weighted by Crippen LogP contribution is 2.58. The molecule has 0 aliphatic heterocycles. The maximum absolute atomic E-state index is 13.2. The second-order valence-corrected chi connectivity index (χ2v) is 11.2. The fraction of sp³-hybridized carbons (Fsp3) is 0.217. The fourth-order valence-corrected chi connectivity index (χ4v) is 5.79. The molecule has 0 fully saturated rings. The number of nitrogens with one attached hydrogen (secondary N) is 1. The molecule has 2 atom stereocenters. The number of hydrogen-bond acceptors (Lipinski definition) is 7. The van der Waals surface area contributed by atoms with Gasteiger partial charge in [-0.25, -0.2) is 4.79 Å². The number of carbonyl (C=O) groups excluding carboxylic acids is 2. The highest BCUT2D eigenvalue weighted by molar-refractivity contribution is 7.54. The molecule has 3 aromatic rings. The number of thiophene rings is 1. The van der Waals surface area contributed by atoms with E-state index in [1.54, 1.807) is 67.8 Å². The van der Waals surface area contributed by atoms with Gasteiger partial charge in [-0.15, -0.1) is 11.3 Å². The topological polar surface area (TPSA) is 111 Å². The molecule has 35 heavy (non-hydrogen) atoms. The minimum atomic E-state index is -4.71. The van der Waals surface area contributed by atoms with Gasteiger partial charge in [0.25, 0.3) is 0 Å². The highest BCUT2D eigenvalue weighted by atomic mass is 35.5. The van der Waals surface area contributed by atoms with Crippen molar-refractivity contribution in [2.45, 2.75) is 25.6 Å². The third-order valence-electron chi connectivity index (χ3n) is 4.53. The van der Waals surface area contributed by atoms with Gasteiger partial charge in [0.1, 0.15) is 0 Å². The van der Waals surface area contributed by atoms with Gasteiger partial charge in [-0.3, -0.25) is 13.9 Å². The van der Waals surface area contributed by atoms with E-state index in [1.165, 1.54) is 17.5 Å². The van der Waals surface area contributed by atoms with Crippen molar-refractivity contribution in [2.24, 2.45) is 0 Å². The lowest BCUT2D eigenvalue weighted by Crippen LogP contribution is -2.26. The van der Waals surface area contributed by atoms with Crippen molar-refractivity contribution in [1.82, 2.24) is 5.32 Å². The van der Waals surface area contributed by atoms with E-state index in [4.69, 9.17) is 37.2 Å². The molecule has 0 aliphatic rings. The number of rotatable bonds is 9. The van der Waals surface area contributed by atoms with Crippen molar-refractivity contribution in [3.8, 4) is 0 Å². The summed E-state index contributed by atoms with van der Waals surface area (Å²) < 4.78 is 28.5. The van der Waals surface area contributed by atoms with E-state index in [0.717, 1.165) is 4.70 Å². The van der Waals surface area contributed by atoms with Gasteiger partial charge in [-0.1, -0.05) is 35.3 Å². The van der Waals surface area contributed by atoms with Gasteiger partial charge in [0.15, 0.2) is 5.66 Å². The summed E-state index contributed by atoms with van der Waals surface area (Å²) >= 11 is 13.4. The molecule has 2 N–H and O–H groups in total. The number of amides is 1. The second kappa shape index (κ2) is 12.0. The lowest BCUT2D eigenvalue weighted by molar-refractivity contribution is -0.120. The van der Waals surface area contributed by atoms with Gasteiger partial charge >= 0.3 is 13.8 Å². The molecule has 2 unspecified atom stereocenters. The van der Waals surface area contributed by atoms with Crippen LogP contribution in [0.1, 0.15) is 30.6 Å². The predicted molar refractivity (Wildman–Crippen MR) is 137 cm³/mol. The van der Waals surface area contributed by atoms with E-state index in [1.807, 2.05) is 0 Å². The van der Waals surface area contributed by atoms with Crippen LogP contribution in [0.25, 0.3) is 16.2 Å². The van der Waals surface area contributed by atoms with Crippen LogP contribution >= 0.6 is 42.1 Å². The number of carbonyl (C=O) groups is 2. The van der Waals surface area contributed by atoms with Crippen LogP contribution < -0.4 is 5.32 Å². The molecular weight excluding hydrogens is 536 g/mol. The Labute approximate surface area is 215 Å². The number of ether oxygens (including phenoxy) is 2. The van der Waals surface area contributed by atoms with Gasteiger partial charge in [-0.2, -0.15) is 0 Å². The maximum atomic E-state index is 13.2. The largest absolute Gasteiger partial charge is 0.510 e. The molecule has 8 nitrogen and oxygen atoms in total. The van der Waals surface area contributed by atoms with Crippen LogP contribution in [0.15, 0.2) is 54.0 Å². The Hall–Kier alpha value is -2.39. The smallest absolute Gasteiger partial charge is 0.432 e. The van der Waals surface area contributed by atoms with Gasteiger partial charge in [0.2, 0.25) is 12.7 Å².